The Morgan fingerprint density at radius 3 is 2.45 bits per heavy atom. The minimum absolute atomic E-state index is 0.0898. The van der Waals surface area contributed by atoms with E-state index >= 15 is 0 Å². The van der Waals surface area contributed by atoms with Crippen LogP contribution in [0.1, 0.15) is 15.9 Å². The van der Waals surface area contributed by atoms with Crippen molar-refractivity contribution in [1.29, 1.82) is 0 Å². The molecule has 0 radical (unpaired) electrons. The molecule has 158 valence electrons. The fraction of sp³-hybridized carbons (Fsp3) is 0.0870. The number of nitrogens with zero attached hydrogens (tertiary/aromatic N) is 2. The molecule has 0 aliphatic rings. The highest BCUT2D eigenvalue weighted by Crippen LogP contribution is 2.24. The number of amides is 2. The van der Waals surface area contributed by atoms with Gasteiger partial charge in [-0.1, -0.05) is 49.0 Å². The van der Waals surface area contributed by atoms with Crippen LogP contribution in [0, 0.1) is 0 Å². The van der Waals surface area contributed by atoms with Crippen LogP contribution in [-0.4, -0.2) is 21.6 Å². The van der Waals surface area contributed by atoms with Gasteiger partial charge in [-0.05, 0) is 29.8 Å². The van der Waals surface area contributed by atoms with Crippen LogP contribution in [0.4, 0.5) is 11.5 Å². The molecule has 8 heteroatoms. The third kappa shape index (κ3) is 5.28. The van der Waals surface area contributed by atoms with Gasteiger partial charge < -0.3 is 16.4 Å². The molecule has 0 saturated carbocycles. The number of carbonyl (C=O) groups is 2. The number of aromatic nitrogens is 2. The molecule has 3 aromatic rings. The van der Waals surface area contributed by atoms with E-state index in [0.29, 0.717) is 29.3 Å². The van der Waals surface area contributed by atoms with Crippen LogP contribution in [0.3, 0.4) is 0 Å². The fourth-order valence-electron chi connectivity index (χ4n) is 2.81. The van der Waals surface area contributed by atoms with Gasteiger partial charge in [0.15, 0.2) is 0 Å². The van der Waals surface area contributed by atoms with Crippen molar-refractivity contribution >= 4 is 34.9 Å². The summed E-state index contributed by atoms with van der Waals surface area (Å²) in [5.74, 6) is -0.120. The molecule has 0 bridgehead atoms. The number of hydrogen-bond acceptors (Lipinski definition) is 4. The van der Waals surface area contributed by atoms with Crippen molar-refractivity contribution in [3.05, 3.63) is 89.5 Å². The fourth-order valence-corrected chi connectivity index (χ4v) is 2.89. The minimum Gasteiger partial charge on any atom is -0.326 e. The zero-order chi connectivity index (χ0) is 22.5. The summed E-state index contributed by atoms with van der Waals surface area (Å²) < 4.78 is 1.59. The summed E-state index contributed by atoms with van der Waals surface area (Å²) in [5.41, 5.74) is 9.22. The normalized spacial score (nSPS) is 10.4. The number of carbonyl (C=O) groups excluding carboxylic acids is 2. The Hall–Kier alpha value is -3.68. The number of halogens is 1. The molecule has 2 amide bonds. The van der Waals surface area contributed by atoms with Crippen LogP contribution in [0.25, 0.3) is 11.3 Å². The van der Waals surface area contributed by atoms with Gasteiger partial charge in [0, 0.05) is 41.5 Å². The monoisotopic (exact) mass is 435 g/mol. The smallest absolute Gasteiger partial charge is 0.256 e. The number of rotatable bonds is 7. The first-order chi connectivity index (χ1) is 14.8. The lowest BCUT2D eigenvalue weighted by atomic mass is 10.1. The molecule has 0 unspecified atom stereocenters. The first-order valence-corrected chi connectivity index (χ1v) is 9.76. The topological polar surface area (TPSA) is 102 Å². The Kier molecular flexibility index (Phi) is 6.69. The van der Waals surface area contributed by atoms with Gasteiger partial charge in [-0.2, -0.15) is 5.10 Å². The standard InChI is InChI=1S/C23H22ClN5O2/c1-14(15(2)24)22(30)26-19-9-7-17(8-10-19)20-12-21(29(3)28-20)27-23(31)18-6-4-5-16(11-18)13-25/h4-12H,1-2,13,25H2,3H3,(H,26,30)(H,27,31). The average Bonchev–Trinajstić information content (AvgIpc) is 3.13. The number of anilines is 2. The van der Waals surface area contributed by atoms with Gasteiger partial charge in [-0.15, -0.1) is 0 Å². The number of benzene rings is 2. The van der Waals surface area contributed by atoms with Crippen molar-refractivity contribution in [3.8, 4) is 11.3 Å². The average molecular weight is 436 g/mol. The molecule has 1 heterocycles. The van der Waals surface area contributed by atoms with Crippen LogP contribution in [-0.2, 0) is 18.4 Å². The maximum absolute atomic E-state index is 12.6. The van der Waals surface area contributed by atoms with Crippen LogP contribution in [0.2, 0.25) is 0 Å². The van der Waals surface area contributed by atoms with Gasteiger partial charge in [0.05, 0.1) is 11.3 Å². The highest BCUT2D eigenvalue weighted by Gasteiger charge is 2.13. The number of aryl methyl sites for hydroxylation is 1. The van der Waals surface area contributed by atoms with E-state index in [-0.39, 0.29) is 16.5 Å². The third-order valence-corrected chi connectivity index (χ3v) is 4.81. The molecule has 4 N–H and O–H groups in total. The molecule has 31 heavy (non-hydrogen) atoms. The van der Waals surface area contributed by atoms with Gasteiger partial charge in [-0.25, -0.2) is 0 Å². The zero-order valence-electron chi connectivity index (χ0n) is 17.0. The summed E-state index contributed by atoms with van der Waals surface area (Å²) in [6, 6.07) is 16.0. The summed E-state index contributed by atoms with van der Waals surface area (Å²) in [7, 11) is 1.74. The molecule has 0 aliphatic heterocycles. The first kappa shape index (κ1) is 22.0. The maximum atomic E-state index is 12.6. The largest absolute Gasteiger partial charge is 0.326 e. The van der Waals surface area contributed by atoms with Gasteiger partial charge in [0.2, 0.25) is 0 Å². The van der Waals surface area contributed by atoms with Crippen molar-refractivity contribution < 1.29 is 9.59 Å². The van der Waals surface area contributed by atoms with E-state index < -0.39 is 5.91 Å². The minimum atomic E-state index is -0.422. The second-order valence-corrected chi connectivity index (χ2v) is 7.27. The summed E-state index contributed by atoms with van der Waals surface area (Å²) in [4.78, 5) is 24.6. The van der Waals surface area contributed by atoms with Crippen LogP contribution in [0.5, 0.6) is 0 Å². The lowest BCUT2D eigenvalue weighted by molar-refractivity contribution is -0.112. The van der Waals surface area contributed by atoms with Crippen LogP contribution >= 0.6 is 11.6 Å². The van der Waals surface area contributed by atoms with E-state index in [4.69, 9.17) is 17.3 Å². The van der Waals surface area contributed by atoms with E-state index in [9.17, 15) is 9.59 Å². The van der Waals surface area contributed by atoms with E-state index in [2.05, 4.69) is 28.9 Å². The van der Waals surface area contributed by atoms with Gasteiger partial charge in [0.1, 0.15) is 5.82 Å². The summed E-state index contributed by atoms with van der Waals surface area (Å²) in [6.45, 7) is 7.44. The highest BCUT2D eigenvalue weighted by atomic mass is 35.5. The van der Waals surface area contributed by atoms with Crippen molar-refractivity contribution in [1.82, 2.24) is 9.78 Å². The molecule has 0 fully saturated rings. The number of nitrogens with one attached hydrogen (secondary N) is 2. The summed E-state index contributed by atoms with van der Waals surface area (Å²) in [6.07, 6.45) is 0. The SMILES string of the molecule is C=C(Cl)C(=C)C(=O)Nc1ccc(-c2cc(NC(=O)c3cccc(CN)c3)n(C)n2)cc1. The van der Waals surface area contributed by atoms with E-state index in [1.54, 1.807) is 48.1 Å². The van der Waals surface area contributed by atoms with Crippen molar-refractivity contribution in [2.45, 2.75) is 6.54 Å². The Bertz CT molecular complexity index is 1160. The Morgan fingerprint density at radius 1 is 1.10 bits per heavy atom. The lowest BCUT2D eigenvalue weighted by Gasteiger charge is -2.07. The van der Waals surface area contributed by atoms with Crippen molar-refractivity contribution in [2.75, 3.05) is 10.6 Å². The van der Waals surface area contributed by atoms with Gasteiger partial charge >= 0.3 is 0 Å². The molecule has 0 saturated heterocycles. The maximum Gasteiger partial charge on any atom is 0.256 e. The summed E-state index contributed by atoms with van der Waals surface area (Å²) in [5, 5.41) is 10.1. The van der Waals surface area contributed by atoms with E-state index in [1.807, 2.05) is 18.2 Å². The van der Waals surface area contributed by atoms with E-state index in [1.165, 1.54) is 0 Å². The summed E-state index contributed by atoms with van der Waals surface area (Å²) >= 11 is 5.70. The van der Waals surface area contributed by atoms with E-state index in [0.717, 1.165) is 11.1 Å². The van der Waals surface area contributed by atoms with Crippen LogP contribution in [0.15, 0.2) is 78.4 Å². The van der Waals surface area contributed by atoms with Crippen molar-refractivity contribution in [3.63, 3.8) is 0 Å². The highest BCUT2D eigenvalue weighted by molar-refractivity contribution is 6.35. The van der Waals surface area contributed by atoms with Crippen LogP contribution < -0.4 is 16.4 Å². The number of nitrogens with two attached hydrogens (primary N) is 1. The zero-order valence-corrected chi connectivity index (χ0v) is 17.7. The Morgan fingerprint density at radius 2 is 1.81 bits per heavy atom. The second-order valence-electron chi connectivity index (χ2n) is 6.81. The van der Waals surface area contributed by atoms with Crippen molar-refractivity contribution in [2.24, 2.45) is 12.8 Å². The molecule has 0 aliphatic carbocycles. The molecular formula is C23H22ClN5O2. The lowest BCUT2D eigenvalue weighted by Crippen LogP contribution is -2.15. The molecule has 0 atom stereocenters. The predicted octanol–water partition coefficient (Wildman–Crippen LogP) is 4.05. The predicted molar refractivity (Wildman–Crippen MR) is 124 cm³/mol. The Balaban J connectivity index is 1.73. The second kappa shape index (κ2) is 9.42. The molecule has 1 aromatic heterocycles. The molecule has 3 rings (SSSR count). The third-order valence-electron chi connectivity index (χ3n) is 4.59. The number of hydrogen-bond donors (Lipinski definition) is 3. The molecule has 2 aromatic carbocycles. The first-order valence-electron chi connectivity index (χ1n) is 9.38. The van der Waals surface area contributed by atoms with Gasteiger partial charge in [0.25, 0.3) is 11.8 Å². The van der Waals surface area contributed by atoms with Gasteiger partial charge in [-0.3, -0.25) is 14.3 Å². The Labute approximate surface area is 185 Å². The molecule has 7 nitrogen and oxygen atoms in total. The quantitative estimate of drug-likeness (QED) is 0.385. The molecule has 0 spiro atoms. The molecular weight excluding hydrogens is 414 g/mol.